The van der Waals surface area contributed by atoms with Gasteiger partial charge in [0.25, 0.3) is 5.78 Å². The maximum atomic E-state index is 13.7. The predicted octanol–water partition coefficient (Wildman–Crippen LogP) is 7.19. The Bertz CT molecular complexity index is 1860. The summed E-state index contributed by atoms with van der Waals surface area (Å²) in [6.45, 7) is 8.67. The monoisotopic (exact) mass is 670 g/mol. The number of carbonyl (C=O) groups is 3. The molecule has 1 atom stereocenters. The SMILES string of the molecule is COC(=O)c1sc(N2C(=O)C(=O)C(=C(O)c3ccc(OCc4cccc(C)c4)cc3)C2c2ccc(OCCC(C)C)c(OC)c2)nc1C. The Morgan fingerprint density at radius 2 is 1.73 bits per heavy atom. The Labute approximate surface area is 283 Å². The minimum absolute atomic E-state index is 0.107. The Morgan fingerprint density at radius 1 is 0.979 bits per heavy atom. The maximum Gasteiger partial charge on any atom is 0.350 e. The average Bonchev–Trinajstić information content (AvgIpc) is 3.59. The van der Waals surface area contributed by atoms with Crippen molar-refractivity contribution in [2.75, 3.05) is 25.7 Å². The van der Waals surface area contributed by atoms with Gasteiger partial charge in [-0.25, -0.2) is 9.78 Å². The molecule has 0 spiro atoms. The minimum Gasteiger partial charge on any atom is -0.507 e. The second kappa shape index (κ2) is 14.7. The first-order valence-corrected chi connectivity index (χ1v) is 16.3. The lowest BCUT2D eigenvalue weighted by atomic mass is 9.95. The molecule has 0 radical (unpaired) electrons. The van der Waals surface area contributed by atoms with Crippen molar-refractivity contribution in [3.8, 4) is 17.2 Å². The molecule has 10 nitrogen and oxygen atoms in total. The number of carbonyl (C=O) groups excluding carboxylic acids is 3. The van der Waals surface area contributed by atoms with E-state index in [1.54, 1.807) is 49.4 Å². The molecule has 5 rings (SSSR count). The quantitative estimate of drug-likeness (QED) is 0.0722. The van der Waals surface area contributed by atoms with Crippen molar-refractivity contribution >= 4 is 39.9 Å². The van der Waals surface area contributed by atoms with Gasteiger partial charge in [0.2, 0.25) is 0 Å². The third-order valence-electron chi connectivity index (χ3n) is 7.88. The number of thiazole rings is 1. The van der Waals surface area contributed by atoms with Crippen LogP contribution in [0.25, 0.3) is 5.76 Å². The highest BCUT2D eigenvalue weighted by Gasteiger charge is 2.48. The summed E-state index contributed by atoms with van der Waals surface area (Å²) in [5.41, 5.74) is 3.12. The van der Waals surface area contributed by atoms with Crippen molar-refractivity contribution in [3.05, 3.63) is 105 Å². The van der Waals surface area contributed by atoms with Crippen molar-refractivity contribution in [2.24, 2.45) is 5.92 Å². The number of benzene rings is 3. The summed E-state index contributed by atoms with van der Waals surface area (Å²) in [5.74, 6) is -0.887. The van der Waals surface area contributed by atoms with Crippen LogP contribution in [0.1, 0.15) is 63.9 Å². The van der Waals surface area contributed by atoms with Crippen LogP contribution in [0.3, 0.4) is 0 Å². The van der Waals surface area contributed by atoms with Gasteiger partial charge in [-0.1, -0.05) is 61.1 Å². The van der Waals surface area contributed by atoms with Gasteiger partial charge >= 0.3 is 11.9 Å². The molecule has 1 aliphatic rings. The van der Waals surface area contributed by atoms with Gasteiger partial charge in [0.15, 0.2) is 16.6 Å². The molecule has 1 saturated heterocycles. The van der Waals surface area contributed by atoms with E-state index in [2.05, 4.69) is 18.8 Å². The number of aliphatic hydroxyl groups is 1. The van der Waals surface area contributed by atoms with E-state index < -0.39 is 23.7 Å². The van der Waals surface area contributed by atoms with Crippen molar-refractivity contribution in [3.63, 3.8) is 0 Å². The van der Waals surface area contributed by atoms with Crippen molar-refractivity contribution in [1.29, 1.82) is 0 Å². The summed E-state index contributed by atoms with van der Waals surface area (Å²) in [7, 11) is 2.75. The van der Waals surface area contributed by atoms with E-state index in [4.69, 9.17) is 18.9 Å². The molecule has 0 bridgehead atoms. The van der Waals surface area contributed by atoms with E-state index in [0.29, 0.717) is 53.2 Å². The first-order valence-electron chi connectivity index (χ1n) is 15.5. The van der Waals surface area contributed by atoms with Gasteiger partial charge in [-0.15, -0.1) is 0 Å². The third-order valence-corrected chi connectivity index (χ3v) is 9.02. The zero-order valence-electron chi connectivity index (χ0n) is 27.7. The highest BCUT2D eigenvalue weighted by Crippen LogP contribution is 2.45. The number of ether oxygens (including phenoxy) is 4. The third kappa shape index (κ3) is 7.21. The van der Waals surface area contributed by atoms with Crippen LogP contribution in [0, 0.1) is 19.8 Å². The van der Waals surface area contributed by atoms with Crippen molar-refractivity contribution in [2.45, 2.75) is 46.8 Å². The van der Waals surface area contributed by atoms with Gasteiger partial charge in [0.05, 0.1) is 38.1 Å². The number of hydrogen-bond donors (Lipinski definition) is 1. The van der Waals surface area contributed by atoms with Gasteiger partial charge in [0.1, 0.15) is 23.0 Å². The number of amides is 1. The molecule has 1 amide bonds. The number of hydrogen-bond acceptors (Lipinski definition) is 10. The molecule has 11 heteroatoms. The van der Waals surface area contributed by atoms with Crippen LogP contribution < -0.4 is 19.1 Å². The molecule has 2 heterocycles. The Hall–Kier alpha value is -5.16. The number of Topliss-reactive ketones (excluding diaryl/α,β-unsaturated/α-hetero) is 1. The number of methoxy groups -OCH3 is 2. The van der Waals surface area contributed by atoms with E-state index in [-0.39, 0.29) is 21.3 Å². The second-order valence-electron chi connectivity index (χ2n) is 11.8. The van der Waals surface area contributed by atoms with E-state index >= 15 is 0 Å². The summed E-state index contributed by atoms with van der Waals surface area (Å²) >= 11 is 0.927. The Morgan fingerprint density at radius 3 is 2.40 bits per heavy atom. The average molecular weight is 671 g/mol. The first-order chi connectivity index (χ1) is 23.0. The van der Waals surface area contributed by atoms with Crippen LogP contribution in [-0.4, -0.2) is 48.6 Å². The lowest BCUT2D eigenvalue weighted by molar-refractivity contribution is -0.132. The highest BCUT2D eigenvalue weighted by atomic mass is 32.1. The normalized spacial score (nSPS) is 15.6. The molecule has 48 heavy (non-hydrogen) atoms. The van der Waals surface area contributed by atoms with Crippen LogP contribution in [0.2, 0.25) is 0 Å². The summed E-state index contributed by atoms with van der Waals surface area (Å²) in [5, 5.41) is 11.8. The maximum absolute atomic E-state index is 13.7. The van der Waals surface area contributed by atoms with E-state index in [1.807, 2.05) is 31.2 Å². The largest absolute Gasteiger partial charge is 0.507 e. The molecular weight excluding hydrogens is 632 g/mol. The number of aliphatic hydroxyl groups excluding tert-OH is 1. The molecule has 0 saturated carbocycles. The van der Waals surface area contributed by atoms with E-state index in [1.165, 1.54) is 19.1 Å². The number of rotatable bonds is 12. The van der Waals surface area contributed by atoms with E-state index in [0.717, 1.165) is 28.9 Å². The van der Waals surface area contributed by atoms with Gasteiger partial charge in [-0.05, 0) is 73.7 Å². The zero-order chi connectivity index (χ0) is 34.5. The molecule has 1 fully saturated rings. The molecule has 1 unspecified atom stereocenters. The summed E-state index contributed by atoms with van der Waals surface area (Å²) in [4.78, 5) is 45.8. The lowest BCUT2D eigenvalue weighted by Gasteiger charge is -2.24. The molecule has 250 valence electrons. The summed E-state index contributed by atoms with van der Waals surface area (Å²) < 4.78 is 22.4. The van der Waals surface area contributed by atoms with Crippen molar-refractivity contribution in [1.82, 2.24) is 4.98 Å². The first kappa shape index (κ1) is 34.2. The molecule has 3 aromatic carbocycles. The predicted molar refractivity (Wildman–Crippen MR) is 183 cm³/mol. The van der Waals surface area contributed by atoms with Crippen LogP contribution in [0.5, 0.6) is 17.2 Å². The fraction of sp³-hybridized carbons (Fsp3) is 0.297. The Kier molecular flexibility index (Phi) is 10.5. The fourth-order valence-electron chi connectivity index (χ4n) is 5.32. The summed E-state index contributed by atoms with van der Waals surface area (Å²) in [6, 6.07) is 18.6. The topological polar surface area (TPSA) is 124 Å². The molecule has 4 aromatic rings. The molecule has 1 aromatic heterocycles. The molecule has 0 aliphatic carbocycles. The van der Waals surface area contributed by atoms with Gasteiger partial charge in [-0.3, -0.25) is 14.5 Å². The number of aromatic nitrogens is 1. The number of nitrogens with zero attached hydrogens (tertiary/aromatic N) is 2. The fourth-order valence-corrected chi connectivity index (χ4v) is 6.34. The van der Waals surface area contributed by atoms with Crippen LogP contribution >= 0.6 is 11.3 Å². The Balaban J connectivity index is 1.55. The number of anilines is 1. The van der Waals surface area contributed by atoms with Crippen molar-refractivity contribution < 1.29 is 38.4 Å². The zero-order valence-corrected chi connectivity index (χ0v) is 28.6. The molecule has 1 aliphatic heterocycles. The second-order valence-corrected chi connectivity index (χ2v) is 12.8. The van der Waals surface area contributed by atoms with Gasteiger partial charge in [-0.2, -0.15) is 0 Å². The van der Waals surface area contributed by atoms with Crippen LogP contribution in [-0.2, 0) is 20.9 Å². The minimum atomic E-state index is -1.10. The van der Waals surface area contributed by atoms with Crippen LogP contribution in [0.4, 0.5) is 5.13 Å². The standard InChI is InChI=1S/C37H38N2O8S/c1-21(2)16-17-46-28-15-12-26(19-29(28)44-5)31-30(33(41)35(42)39(31)37-38-23(4)34(48-37)36(43)45-6)32(40)25-10-13-27(14-11-25)47-20-24-9-7-8-22(3)18-24/h7-15,18-19,21,31,40H,16-17,20H2,1-6H3. The van der Waals surface area contributed by atoms with Crippen LogP contribution in [0.15, 0.2) is 72.3 Å². The smallest absolute Gasteiger partial charge is 0.350 e. The number of aryl methyl sites for hydroxylation is 2. The highest BCUT2D eigenvalue weighted by molar-refractivity contribution is 7.17. The molecular formula is C37H38N2O8S. The number of ketones is 1. The number of esters is 1. The van der Waals surface area contributed by atoms with Gasteiger partial charge in [0, 0.05) is 5.56 Å². The lowest BCUT2D eigenvalue weighted by Crippen LogP contribution is -2.29. The van der Waals surface area contributed by atoms with E-state index in [9.17, 15) is 19.5 Å². The van der Waals surface area contributed by atoms with Gasteiger partial charge < -0.3 is 24.1 Å². The summed E-state index contributed by atoms with van der Waals surface area (Å²) in [6.07, 6.45) is 0.840. The molecule has 1 N–H and O–H groups in total.